The number of methoxy groups -OCH3 is 1. The molecule has 2 saturated carbocycles. The number of esters is 2. The Morgan fingerprint density at radius 1 is 1.10 bits per heavy atom. The Morgan fingerprint density at radius 2 is 1.77 bits per heavy atom. The van der Waals surface area contributed by atoms with Gasteiger partial charge in [-0.05, 0) is 55.8 Å². The Hall–Kier alpha value is -2.61. The highest BCUT2D eigenvalue weighted by atomic mass is 19.4. The molecule has 5 nitrogen and oxygen atoms in total. The van der Waals surface area contributed by atoms with Gasteiger partial charge in [0, 0.05) is 30.4 Å². The van der Waals surface area contributed by atoms with E-state index in [0.29, 0.717) is 6.42 Å². The molecule has 2 fully saturated rings. The van der Waals surface area contributed by atoms with Crippen LogP contribution in [0.5, 0.6) is 0 Å². The summed E-state index contributed by atoms with van der Waals surface area (Å²) in [6.07, 6.45) is 2.70. The second-order valence-corrected chi connectivity index (χ2v) is 12.7. The van der Waals surface area contributed by atoms with E-state index in [2.05, 4.69) is 26.5 Å². The van der Waals surface area contributed by atoms with Gasteiger partial charge in [-0.15, -0.1) is 6.58 Å². The van der Waals surface area contributed by atoms with Gasteiger partial charge in [0.25, 0.3) is 5.60 Å². The first-order valence-electron chi connectivity index (χ1n) is 14.0. The Balaban J connectivity index is 1.73. The van der Waals surface area contributed by atoms with Gasteiger partial charge in [-0.1, -0.05) is 68.8 Å². The molecule has 7 atom stereocenters. The number of ether oxygens (including phenoxy) is 3. The largest absolute Gasteiger partial charge is 0.465 e. The molecule has 0 spiro atoms. The number of rotatable bonds is 7. The van der Waals surface area contributed by atoms with Crippen LogP contribution in [-0.4, -0.2) is 37.9 Å². The normalized spacial score (nSPS) is 35.3. The van der Waals surface area contributed by atoms with E-state index < -0.39 is 35.2 Å². The fraction of sp³-hybridized carbons (Fsp3) is 0.625. The van der Waals surface area contributed by atoms with Crippen molar-refractivity contribution in [1.29, 1.82) is 0 Å². The second kappa shape index (κ2) is 10.7. The van der Waals surface area contributed by atoms with Crippen molar-refractivity contribution in [3.05, 3.63) is 60.2 Å². The molecular weight excluding hydrogens is 521 g/mol. The van der Waals surface area contributed by atoms with Crippen LogP contribution in [0.3, 0.4) is 0 Å². The molecule has 8 heteroatoms. The van der Waals surface area contributed by atoms with E-state index in [1.54, 1.807) is 6.07 Å². The predicted octanol–water partition coefficient (Wildman–Crippen LogP) is 7.31. The minimum absolute atomic E-state index is 0.100. The van der Waals surface area contributed by atoms with Crippen LogP contribution in [0, 0.1) is 28.1 Å². The number of fused-ring (bicyclic) bond motifs is 3. The molecule has 0 aromatic heterocycles. The van der Waals surface area contributed by atoms with Gasteiger partial charge in [-0.2, -0.15) is 13.2 Å². The van der Waals surface area contributed by atoms with Crippen LogP contribution < -0.4 is 0 Å². The van der Waals surface area contributed by atoms with Crippen molar-refractivity contribution in [3.63, 3.8) is 0 Å². The molecule has 4 rings (SSSR count). The fourth-order valence-corrected chi connectivity index (χ4v) is 8.07. The minimum Gasteiger partial charge on any atom is -0.465 e. The molecule has 0 unspecified atom stereocenters. The van der Waals surface area contributed by atoms with Gasteiger partial charge >= 0.3 is 18.1 Å². The highest BCUT2D eigenvalue weighted by Crippen LogP contribution is 2.64. The summed E-state index contributed by atoms with van der Waals surface area (Å²) in [5.41, 5.74) is -3.32. The van der Waals surface area contributed by atoms with Gasteiger partial charge in [0.15, 0.2) is 0 Å². The van der Waals surface area contributed by atoms with Gasteiger partial charge in [0.2, 0.25) is 0 Å². The Labute approximate surface area is 235 Å². The summed E-state index contributed by atoms with van der Waals surface area (Å²) in [6.45, 7) is 11.8. The number of halogens is 3. The molecule has 1 aromatic rings. The summed E-state index contributed by atoms with van der Waals surface area (Å²) in [4.78, 5) is 25.4. The topological polar surface area (TPSA) is 61.8 Å². The van der Waals surface area contributed by atoms with Crippen LogP contribution >= 0.6 is 0 Å². The molecule has 1 aromatic carbocycles. The summed E-state index contributed by atoms with van der Waals surface area (Å²) in [5.74, 6) is -1.59. The number of carbonyl (C=O) groups excluding carboxylic acids is 2. The van der Waals surface area contributed by atoms with Crippen molar-refractivity contribution < 1.29 is 37.0 Å². The van der Waals surface area contributed by atoms with Crippen LogP contribution in [-0.2, 0) is 29.4 Å². The van der Waals surface area contributed by atoms with Crippen molar-refractivity contribution in [1.82, 2.24) is 0 Å². The van der Waals surface area contributed by atoms with Crippen molar-refractivity contribution in [2.75, 3.05) is 13.7 Å². The van der Waals surface area contributed by atoms with Gasteiger partial charge < -0.3 is 14.2 Å². The number of benzene rings is 1. The first kappa shape index (κ1) is 30.4. The van der Waals surface area contributed by atoms with E-state index in [-0.39, 0.29) is 41.3 Å². The summed E-state index contributed by atoms with van der Waals surface area (Å²) in [7, 11) is 0.877. The molecule has 0 bridgehead atoms. The molecule has 3 aliphatic rings. The number of hydrogen-bond acceptors (Lipinski definition) is 5. The fourth-order valence-electron chi connectivity index (χ4n) is 8.07. The standard InChI is InChI=1S/C32H41F3O5/c1-7-28(3)16-15-25-22(17-28)13-14-26-29(4,20-39-21(2)36)18-24(19-30(25,26)5)40-27(37)31(38-6,32(33,34)35)23-11-9-8-10-12-23/h7-12,17,24-26H,1,13-16,18-20H2,2-6H3/t24-,25+,26+,28+,29+,30-,31+/m0/s1. The minimum atomic E-state index is -5.05. The average Bonchev–Trinajstić information content (AvgIpc) is 2.87. The molecular formula is C32H41F3O5. The third-order valence-corrected chi connectivity index (χ3v) is 9.97. The maximum absolute atomic E-state index is 14.6. The summed E-state index contributed by atoms with van der Waals surface area (Å²) in [5, 5.41) is 0. The highest BCUT2D eigenvalue weighted by Gasteiger charge is 2.65. The molecule has 40 heavy (non-hydrogen) atoms. The van der Waals surface area contributed by atoms with Gasteiger partial charge in [-0.25, -0.2) is 4.79 Å². The van der Waals surface area contributed by atoms with Crippen LogP contribution in [0.4, 0.5) is 13.2 Å². The lowest BCUT2D eigenvalue weighted by Crippen LogP contribution is -2.58. The second-order valence-electron chi connectivity index (χ2n) is 12.7. The van der Waals surface area contributed by atoms with E-state index in [1.807, 2.05) is 13.0 Å². The number of carbonyl (C=O) groups is 2. The lowest BCUT2D eigenvalue weighted by molar-refractivity contribution is -0.280. The molecule has 0 saturated heterocycles. The maximum Gasteiger partial charge on any atom is 0.432 e. The lowest BCUT2D eigenvalue weighted by Gasteiger charge is -2.61. The number of allylic oxidation sites excluding steroid dienone is 3. The monoisotopic (exact) mass is 562 g/mol. The SMILES string of the molecule is C=C[C@@]1(C)C=C2CC[C@@H]3[C@@](C)(COC(C)=O)C[C@H](OC(=O)[C@](OC)(c4ccccc4)C(F)(F)F)C[C@@]3(C)[C@@H]2CC1. The van der Waals surface area contributed by atoms with E-state index in [4.69, 9.17) is 14.2 Å². The summed E-state index contributed by atoms with van der Waals surface area (Å²) < 4.78 is 60.1. The van der Waals surface area contributed by atoms with Crippen molar-refractivity contribution >= 4 is 11.9 Å². The van der Waals surface area contributed by atoms with E-state index in [0.717, 1.165) is 32.8 Å². The van der Waals surface area contributed by atoms with E-state index in [9.17, 15) is 22.8 Å². The van der Waals surface area contributed by atoms with E-state index >= 15 is 0 Å². The summed E-state index contributed by atoms with van der Waals surface area (Å²) >= 11 is 0. The van der Waals surface area contributed by atoms with Crippen LogP contribution in [0.15, 0.2) is 54.6 Å². The predicted molar refractivity (Wildman–Crippen MR) is 145 cm³/mol. The van der Waals surface area contributed by atoms with Gasteiger partial charge in [0.1, 0.15) is 6.10 Å². The zero-order chi connectivity index (χ0) is 29.6. The Bertz CT molecular complexity index is 1160. The summed E-state index contributed by atoms with van der Waals surface area (Å²) in [6, 6.07) is 6.88. The van der Waals surface area contributed by atoms with Crippen LogP contribution in [0.1, 0.15) is 71.8 Å². The average molecular weight is 563 g/mol. The number of hydrogen-bond donors (Lipinski definition) is 0. The molecule has 0 N–H and O–H groups in total. The molecule has 3 aliphatic carbocycles. The Morgan fingerprint density at radius 3 is 2.35 bits per heavy atom. The lowest BCUT2D eigenvalue weighted by atomic mass is 9.45. The smallest absolute Gasteiger partial charge is 0.432 e. The molecule has 0 aliphatic heterocycles. The third kappa shape index (κ3) is 5.12. The molecule has 0 amide bonds. The quantitative estimate of drug-likeness (QED) is 0.258. The third-order valence-electron chi connectivity index (χ3n) is 9.97. The van der Waals surface area contributed by atoms with Crippen LogP contribution in [0.25, 0.3) is 0 Å². The van der Waals surface area contributed by atoms with Gasteiger partial charge in [0.05, 0.1) is 6.61 Å². The maximum atomic E-state index is 14.6. The first-order valence-corrected chi connectivity index (χ1v) is 14.0. The highest BCUT2D eigenvalue weighted by molar-refractivity contribution is 5.83. The van der Waals surface area contributed by atoms with Crippen LogP contribution in [0.2, 0.25) is 0 Å². The first-order chi connectivity index (χ1) is 18.6. The van der Waals surface area contributed by atoms with Crippen molar-refractivity contribution in [2.45, 2.75) is 84.1 Å². The van der Waals surface area contributed by atoms with Gasteiger partial charge in [-0.3, -0.25) is 4.79 Å². The Kier molecular flexibility index (Phi) is 8.09. The number of alkyl halides is 3. The van der Waals surface area contributed by atoms with E-state index in [1.165, 1.54) is 36.8 Å². The van der Waals surface area contributed by atoms with Crippen molar-refractivity contribution in [2.24, 2.45) is 28.1 Å². The zero-order valence-electron chi connectivity index (χ0n) is 24.1. The zero-order valence-corrected chi connectivity index (χ0v) is 24.1. The van der Waals surface area contributed by atoms with Crippen molar-refractivity contribution in [3.8, 4) is 0 Å². The molecule has 0 heterocycles. The molecule has 220 valence electrons. The molecule has 0 radical (unpaired) electrons.